The number of carbonyl (C=O) groups excluding carboxylic acids is 1. The number of imidazole rings is 1. The van der Waals surface area contributed by atoms with Crippen molar-refractivity contribution < 1.29 is 24.1 Å². The number of nitrogens with one attached hydrogen (secondary N) is 2. The van der Waals surface area contributed by atoms with Gasteiger partial charge in [0.05, 0.1) is 67.4 Å². The van der Waals surface area contributed by atoms with Crippen molar-refractivity contribution in [3.05, 3.63) is 77.6 Å². The minimum atomic E-state index is -0.598. The van der Waals surface area contributed by atoms with E-state index in [0.29, 0.717) is 42.5 Å². The van der Waals surface area contributed by atoms with Crippen molar-refractivity contribution in [2.75, 3.05) is 32.8 Å². The number of rotatable bonds is 5. The molecule has 7 rings (SSSR count). The molecule has 0 saturated heterocycles. The van der Waals surface area contributed by atoms with Crippen LogP contribution in [0, 0.1) is 6.92 Å². The number of amides is 1. The Morgan fingerprint density at radius 2 is 1.94 bits per heavy atom. The molecule has 1 saturated carbocycles. The second-order valence-electron chi connectivity index (χ2n) is 12.6. The van der Waals surface area contributed by atoms with Crippen LogP contribution in [0.15, 0.2) is 54.7 Å². The maximum Gasteiger partial charge on any atom is 0.272 e. The molecule has 3 aromatic heterocycles. The Morgan fingerprint density at radius 1 is 1.08 bits per heavy atom. The number of anilines is 1. The summed E-state index contributed by atoms with van der Waals surface area (Å²) in [7, 11) is 5.09. The van der Waals surface area contributed by atoms with Gasteiger partial charge in [0.2, 0.25) is 0 Å². The van der Waals surface area contributed by atoms with Crippen LogP contribution < -0.4 is 20.1 Å². The molecule has 11 nitrogen and oxygen atoms in total. The van der Waals surface area contributed by atoms with E-state index in [4.69, 9.17) is 24.2 Å². The van der Waals surface area contributed by atoms with Crippen LogP contribution in [0.25, 0.3) is 33.8 Å². The van der Waals surface area contributed by atoms with E-state index in [-0.39, 0.29) is 17.9 Å². The summed E-state index contributed by atoms with van der Waals surface area (Å²) < 4.78 is 21.2. The fourth-order valence-corrected chi connectivity index (χ4v) is 7.14. The van der Waals surface area contributed by atoms with Crippen molar-refractivity contribution in [3.8, 4) is 22.8 Å². The zero-order chi connectivity index (χ0) is 33.4. The summed E-state index contributed by atoms with van der Waals surface area (Å²) in [6.07, 6.45) is 9.59. The minimum Gasteiger partial charge on any atom is -0.496 e. The molecular formula is C37H42N6O5. The second kappa shape index (κ2) is 13.4. The van der Waals surface area contributed by atoms with Gasteiger partial charge in [-0.25, -0.2) is 4.98 Å². The third-order valence-corrected chi connectivity index (χ3v) is 9.60. The zero-order valence-corrected chi connectivity index (χ0v) is 27.8. The second-order valence-corrected chi connectivity index (χ2v) is 12.6. The molecule has 1 amide bonds. The number of aliphatic hydroxyl groups is 1. The molecule has 5 aromatic rings. The highest BCUT2D eigenvalue weighted by atomic mass is 16.5. The van der Waals surface area contributed by atoms with Gasteiger partial charge in [0, 0.05) is 36.4 Å². The number of carbonyl (C=O) groups is 1. The summed E-state index contributed by atoms with van der Waals surface area (Å²) in [6, 6.07) is 13.5. The van der Waals surface area contributed by atoms with Crippen LogP contribution in [0.5, 0.6) is 11.5 Å². The van der Waals surface area contributed by atoms with Gasteiger partial charge in [-0.3, -0.25) is 19.5 Å². The molecule has 0 radical (unpaired) electrons. The highest BCUT2D eigenvalue weighted by Gasteiger charge is 2.32. The lowest BCUT2D eigenvalue weighted by molar-refractivity contribution is 0.0604. The summed E-state index contributed by atoms with van der Waals surface area (Å²) in [5.41, 5.74) is 6.39. The Balaban J connectivity index is 1.26. The lowest BCUT2D eigenvalue weighted by Crippen LogP contribution is -2.37. The van der Waals surface area contributed by atoms with Gasteiger partial charge in [-0.15, -0.1) is 0 Å². The molecule has 48 heavy (non-hydrogen) atoms. The van der Waals surface area contributed by atoms with Crippen LogP contribution in [-0.2, 0) is 11.8 Å². The molecule has 2 bridgehead atoms. The van der Waals surface area contributed by atoms with Gasteiger partial charge in [0.15, 0.2) is 0 Å². The highest BCUT2D eigenvalue weighted by molar-refractivity contribution is 6.08. The monoisotopic (exact) mass is 650 g/mol. The van der Waals surface area contributed by atoms with E-state index in [0.717, 1.165) is 70.6 Å². The maximum atomic E-state index is 13.6. The largest absolute Gasteiger partial charge is 0.496 e. The highest BCUT2D eigenvalue weighted by Crippen LogP contribution is 2.40. The van der Waals surface area contributed by atoms with E-state index in [1.165, 1.54) is 0 Å². The fraction of sp³-hybridized carbons (Fsp3) is 0.378. The first-order valence-electron chi connectivity index (χ1n) is 16.5. The van der Waals surface area contributed by atoms with E-state index in [1.54, 1.807) is 14.2 Å². The van der Waals surface area contributed by atoms with Gasteiger partial charge in [-0.1, -0.05) is 18.2 Å². The standard InChI is InChI=1S/C37H42N6O5/c1-22-35-34(41-36-24-11-13-25(18-24)39-33(44)15-17-48-16-6-5-8-26(21-38-22)43(35)36)23-12-14-28(32(19-23)47-4)40-37(45)30-20-27-29(42(30)2)9-7-10-31(27)46-3/h5,7-10,12,14,19-21,24-25,33,39,44H,6,11,13,15-18H2,1-4H3,(H,40,45)/b8-5+/t24-,25-,33?/m1/s1. The van der Waals surface area contributed by atoms with E-state index in [9.17, 15) is 9.90 Å². The molecule has 3 N–H and O–H groups in total. The minimum absolute atomic E-state index is 0.193. The zero-order valence-electron chi connectivity index (χ0n) is 27.8. The number of hydrogen-bond donors (Lipinski definition) is 3. The van der Waals surface area contributed by atoms with E-state index in [2.05, 4.69) is 27.2 Å². The molecule has 1 fully saturated rings. The van der Waals surface area contributed by atoms with Gasteiger partial charge in [-0.2, -0.15) is 0 Å². The van der Waals surface area contributed by atoms with E-state index in [1.807, 2.05) is 67.2 Å². The van der Waals surface area contributed by atoms with Crippen molar-refractivity contribution in [3.63, 3.8) is 0 Å². The topological polar surface area (TPSA) is 124 Å². The quantitative estimate of drug-likeness (QED) is 0.217. The molecular weight excluding hydrogens is 608 g/mol. The molecule has 11 heteroatoms. The number of methoxy groups -OCH3 is 2. The molecule has 2 aliphatic rings. The summed E-state index contributed by atoms with van der Waals surface area (Å²) >= 11 is 0. The summed E-state index contributed by atoms with van der Waals surface area (Å²) in [6.45, 7) is 3.11. The van der Waals surface area contributed by atoms with Crippen molar-refractivity contribution in [1.29, 1.82) is 0 Å². The number of nitrogens with zero attached hydrogens (tertiary/aromatic N) is 4. The third kappa shape index (κ3) is 5.93. The number of hydrogen-bond acceptors (Lipinski definition) is 8. The number of aliphatic hydroxyl groups excluding tert-OH is 1. The fourth-order valence-electron chi connectivity index (χ4n) is 7.14. The first-order chi connectivity index (χ1) is 23.4. The first-order valence-corrected chi connectivity index (χ1v) is 16.5. The molecule has 1 aliphatic carbocycles. The van der Waals surface area contributed by atoms with Gasteiger partial charge < -0.3 is 29.2 Å². The molecule has 1 unspecified atom stereocenters. The van der Waals surface area contributed by atoms with Crippen LogP contribution in [0.3, 0.4) is 0 Å². The number of aryl methyl sites for hydroxylation is 2. The lowest BCUT2D eigenvalue weighted by atomic mass is 10.1. The van der Waals surface area contributed by atoms with Crippen molar-refractivity contribution in [2.45, 2.75) is 57.2 Å². The van der Waals surface area contributed by atoms with Gasteiger partial charge >= 0.3 is 0 Å². The number of benzene rings is 2. The van der Waals surface area contributed by atoms with Crippen LogP contribution in [0.4, 0.5) is 5.69 Å². The molecule has 1 aliphatic heterocycles. The Hall–Kier alpha value is -4.71. The number of fused-ring (bicyclic) bond motifs is 4. The lowest BCUT2D eigenvalue weighted by Gasteiger charge is -2.18. The number of ether oxygens (including phenoxy) is 3. The van der Waals surface area contributed by atoms with Crippen LogP contribution >= 0.6 is 0 Å². The Labute approximate surface area is 279 Å². The Kier molecular flexibility index (Phi) is 8.91. The normalized spacial score (nSPS) is 20.7. The SMILES string of the molecule is COc1cc(-c2nc3n4c(cnc(C)c24)/C=C/CCOCCC(O)N[C@@H]2CC[C@@H]3C2)ccc1NC(=O)c1cc2c(OC)cccc2n1C. The Bertz CT molecular complexity index is 2010. The number of aromatic nitrogens is 4. The average Bonchev–Trinajstić information content (AvgIpc) is 3.81. The summed E-state index contributed by atoms with van der Waals surface area (Å²) in [4.78, 5) is 23.7. The molecule has 3 atom stereocenters. The van der Waals surface area contributed by atoms with Gasteiger partial charge in [0.25, 0.3) is 5.91 Å². The van der Waals surface area contributed by atoms with Gasteiger partial charge in [-0.05, 0) is 69.0 Å². The van der Waals surface area contributed by atoms with E-state index < -0.39 is 6.23 Å². The van der Waals surface area contributed by atoms with Crippen molar-refractivity contribution >= 4 is 34.1 Å². The molecule has 250 valence electrons. The van der Waals surface area contributed by atoms with E-state index >= 15 is 0 Å². The maximum absolute atomic E-state index is 13.6. The smallest absolute Gasteiger partial charge is 0.272 e. The predicted molar refractivity (Wildman–Crippen MR) is 186 cm³/mol. The van der Waals surface area contributed by atoms with Crippen LogP contribution in [-0.4, -0.2) is 69.7 Å². The molecule has 4 heterocycles. The molecule has 0 spiro atoms. The summed E-state index contributed by atoms with van der Waals surface area (Å²) in [5.74, 6) is 2.16. The summed E-state index contributed by atoms with van der Waals surface area (Å²) in [5, 5.41) is 17.9. The van der Waals surface area contributed by atoms with Crippen LogP contribution in [0.2, 0.25) is 0 Å². The van der Waals surface area contributed by atoms with Crippen molar-refractivity contribution in [1.82, 2.24) is 24.3 Å². The van der Waals surface area contributed by atoms with Gasteiger partial charge in [0.1, 0.15) is 29.2 Å². The first kappa shape index (κ1) is 31.9. The predicted octanol–water partition coefficient (Wildman–Crippen LogP) is 5.83. The van der Waals surface area contributed by atoms with Crippen molar-refractivity contribution in [2.24, 2.45) is 7.05 Å². The average molecular weight is 651 g/mol. The Morgan fingerprint density at radius 3 is 2.77 bits per heavy atom. The van der Waals surface area contributed by atoms with Crippen LogP contribution in [0.1, 0.15) is 65.7 Å². The third-order valence-electron chi connectivity index (χ3n) is 9.60. The molecule has 2 aromatic carbocycles.